The molecule has 0 N–H and O–H groups in total. The molecule has 0 aromatic carbocycles. The van der Waals surface area contributed by atoms with Gasteiger partial charge in [-0.15, -0.1) is 0 Å². The molecule has 2 aromatic rings. The monoisotopic (exact) mass is 346 g/mol. The van der Waals surface area contributed by atoms with Gasteiger partial charge in [0, 0.05) is 38.9 Å². The van der Waals surface area contributed by atoms with Crippen LogP contribution >= 0.6 is 11.3 Å². The van der Waals surface area contributed by atoms with Gasteiger partial charge in [-0.2, -0.15) is 16.4 Å². The lowest BCUT2D eigenvalue weighted by molar-refractivity contribution is -0.140. The van der Waals surface area contributed by atoms with Crippen LogP contribution in [-0.2, 0) is 29.2 Å². The number of morpholine rings is 1. The maximum atomic E-state index is 13.0. The third-order valence-electron chi connectivity index (χ3n) is 4.72. The fourth-order valence-electron chi connectivity index (χ4n) is 3.49. The Labute approximate surface area is 145 Å². The Balaban J connectivity index is 1.53. The molecule has 0 aliphatic carbocycles. The summed E-state index contributed by atoms with van der Waals surface area (Å²) in [5, 5.41) is 8.71. The number of carbonyl (C=O) groups is 1. The number of aromatic nitrogens is 2. The number of thiophene rings is 1. The first-order chi connectivity index (χ1) is 11.8. The summed E-state index contributed by atoms with van der Waals surface area (Å²) >= 11 is 1.72. The first kappa shape index (κ1) is 15.8. The van der Waals surface area contributed by atoms with E-state index in [0.29, 0.717) is 32.8 Å². The van der Waals surface area contributed by atoms with Crippen molar-refractivity contribution in [3.8, 4) is 0 Å². The van der Waals surface area contributed by atoms with E-state index in [9.17, 15) is 4.79 Å². The van der Waals surface area contributed by atoms with Crippen molar-refractivity contribution < 1.29 is 9.53 Å². The average molecular weight is 346 g/mol. The zero-order valence-electron chi connectivity index (χ0n) is 13.6. The van der Waals surface area contributed by atoms with Gasteiger partial charge in [-0.1, -0.05) is 0 Å². The van der Waals surface area contributed by atoms with Gasteiger partial charge in [0.05, 0.1) is 31.4 Å². The van der Waals surface area contributed by atoms with Gasteiger partial charge < -0.3 is 9.64 Å². The van der Waals surface area contributed by atoms with E-state index in [0.717, 1.165) is 19.6 Å². The topological polar surface area (TPSA) is 50.6 Å². The Morgan fingerprint density at radius 3 is 2.96 bits per heavy atom. The van der Waals surface area contributed by atoms with E-state index in [2.05, 4.69) is 32.9 Å². The zero-order chi connectivity index (χ0) is 16.4. The summed E-state index contributed by atoms with van der Waals surface area (Å²) in [5.41, 5.74) is 2.49. The maximum Gasteiger partial charge on any atom is 0.229 e. The molecule has 1 atom stereocenters. The Hall–Kier alpha value is -1.70. The highest BCUT2D eigenvalue weighted by atomic mass is 32.1. The molecule has 0 spiro atoms. The SMILES string of the molecule is O=C([C@H]1CN(Cc2ccsc2)Cc2ccnn2C1)N1CCOCC1. The van der Waals surface area contributed by atoms with E-state index in [1.165, 1.54) is 11.3 Å². The predicted octanol–water partition coefficient (Wildman–Crippen LogP) is 1.44. The van der Waals surface area contributed by atoms with E-state index in [-0.39, 0.29) is 11.8 Å². The van der Waals surface area contributed by atoms with Crippen LogP contribution in [0.5, 0.6) is 0 Å². The van der Waals surface area contributed by atoms with Crippen molar-refractivity contribution in [3.05, 3.63) is 40.3 Å². The highest BCUT2D eigenvalue weighted by Crippen LogP contribution is 2.21. The quantitative estimate of drug-likeness (QED) is 0.844. The number of amides is 1. The molecule has 128 valence electrons. The van der Waals surface area contributed by atoms with Crippen molar-refractivity contribution in [3.63, 3.8) is 0 Å². The molecule has 1 saturated heterocycles. The van der Waals surface area contributed by atoms with E-state index >= 15 is 0 Å². The van der Waals surface area contributed by atoms with Crippen LogP contribution < -0.4 is 0 Å². The molecule has 0 saturated carbocycles. The van der Waals surface area contributed by atoms with Gasteiger partial charge in [0.2, 0.25) is 5.91 Å². The van der Waals surface area contributed by atoms with Crippen molar-refractivity contribution in [2.24, 2.45) is 5.92 Å². The summed E-state index contributed by atoms with van der Waals surface area (Å²) in [7, 11) is 0. The van der Waals surface area contributed by atoms with Gasteiger partial charge in [-0.25, -0.2) is 0 Å². The van der Waals surface area contributed by atoms with Gasteiger partial charge in [-0.3, -0.25) is 14.4 Å². The summed E-state index contributed by atoms with van der Waals surface area (Å²) in [4.78, 5) is 17.3. The molecule has 0 unspecified atom stereocenters. The standard InChI is InChI=1S/C17H22N4O2S/c22-17(20-4-6-23-7-5-20)15-10-19(9-14-2-8-24-13-14)12-16-1-3-18-21(16)11-15/h1-3,8,13,15H,4-7,9-12H2/t15-/m0/s1. The second kappa shape index (κ2) is 7.04. The fourth-order valence-corrected chi connectivity index (χ4v) is 4.15. The third kappa shape index (κ3) is 3.38. The Bertz CT molecular complexity index is 679. The summed E-state index contributed by atoms with van der Waals surface area (Å²) in [6.45, 7) is 5.84. The summed E-state index contributed by atoms with van der Waals surface area (Å²) in [5.74, 6) is 0.180. The van der Waals surface area contributed by atoms with Crippen LogP contribution in [0.2, 0.25) is 0 Å². The predicted molar refractivity (Wildman–Crippen MR) is 91.5 cm³/mol. The summed E-state index contributed by atoms with van der Waals surface area (Å²) < 4.78 is 7.37. The van der Waals surface area contributed by atoms with Gasteiger partial charge in [-0.05, 0) is 28.5 Å². The highest BCUT2D eigenvalue weighted by Gasteiger charge is 2.31. The average Bonchev–Trinajstić information content (AvgIpc) is 3.24. The minimum atomic E-state index is -0.0529. The molecular weight excluding hydrogens is 324 g/mol. The zero-order valence-corrected chi connectivity index (χ0v) is 14.5. The molecule has 0 bridgehead atoms. The van der Waals surface area contributed by atoms with Crippen molar-refractivity contribution in [1.29, 1.82) is 0 Å². The van der Waals surface area contributed by atoms with Gasteiger partial charge >= 0.3 is 0 Å². The van der Waals surface area contributed by atoms with E-state index < -0.39 is 0 Å². The lowest BCUT2D eigenvalue weighted by Gasteiger charge is -2.31. The number of ether oxygens (including phenoxy) is 1. The van der Waals surface area contributed by atoms with Crippen LogP contribution in [0.25, 0.3) is 0 Å². The van der Waals surface area contributed by atoms with E-state index in [1.807, 2.05) is 15.8 Å². The lowest BCUT2D eigenvalue weighted by atomic mass is 10.1. The summed E-state index contributed by atoms with van der Waals surface area (Å²) in [6, 6.07) is 4.22. The van der Waals surface area contributed by atoms with Gasteiger partial charge in [0.25, 0.3) is 0 Å². The minimum Gasteiger partial charge on any atom is -0.378 e. The summed E-state index contributed by atoms with van der Waals surface area (Å²) in [6.07, 6.45) is 1.83. The van der Waals surface area contributed by atoms with Crippen molar-refractivity contribution in [2.75, 3.05) is 32.8 Å². The van der Waals surface area contributed by atoms with Crippen LogP contribution in [-0.4, -0.2) is 58.3 Å². The minimum absolute atomic E-state index is 0.0529. The van der Waals surface area contributed by atoms with Gasteiger partial charge in [0.15, 0.2) is 0 Å². The second-order valence-corrected chi connectivity index (χ2v) is 7.22. The normalized spacial score (nSPS) is 22.2. The first-order valence-electron chi connectivity index (χ1n) is 8.40. The molecule has 6 nitrogen and oxygen atoms in total. The molecule has 4 rings (SSSR count). The lowest BCUT2D eigenvalue weighted by Crippen LogP contribution is -2.46. The fraction of sp³-hybridized carbons (Fsp3) is 0.529. The largest absolute Gasteiger partial charge is 0.378 e. The van der Waals surface area contributed by atoms with Crippen molar-refractivity contribution >= 4 is 17.2 Å². The number of nitrogens with zero attached hydrogens (tertiary/aromatic N) is 4. The van der Waals surface area contributed by atoms with E-state index in [4.69, 9.17) is 4.74 Å². The Morgan fingerprint density at radius 1 is 1.29 bits per heavy atom. The number of carbonyl (C=O) groups excluding carboxylic acids is 1. The molecule has 7 heteroatoms. The maximum absolute atomic E-state index is 13.0. The molecule has 2 aliphatic rings. The highest BCUT2D eigenvalue weighted by molar-refractivity contribution is 7.07. The van der Waals surface area contributed by atoms with Crippen LogP contribution in [0.15, 0.2) is 29.1 Å². The van der Waals surface area contributed by atoms with Crippen LogP contribution in [0, 0.1) is 5.92 Å². The number of fused-ring (bicyclic) bond motifs is 1. The molecule has 1 amide bonds. The molecule has 24 heavy (non-hydrogen) atoms. The Kier molecular flexibility index (Phi) is 4.64. The Morgan fingerprint density at radius 2 is 2.17 bits per heavy atom. The number of hydrogen-bond acceptors (Lipinski definition) is 5. The van der Waals surface area contributed by atoms with Gasteiger partial charge in [0.1, 0.15) is 0 Å². The van der Waals surface area contributed by atoms with Crippen LogP contribution in [0.3, 0.4) is 0 Å². The molecule has 4 heterocycles. The third-order valence-corrected chi connectivity index (χ3v) is 5.45. The van der Waals surface area contributed by atoms with E-state index in [1.54, 1.807) is 11.3 Å². The molecular formula is C17H22N4O2S. The molecule has 1 fully saturated rings. The second-order valence-electron chi connectivity index (χ2n) is 6.44. The molecule has 2 aromatic heterocycles. The number of rotatable bonds is 3. The smallest absolute Gasteiger partial charge is 0.229 e. The molecule has 0 radical (unpaired) electrons. The van der Waals surface area contributed by atoms with Crippen LogP contribution in [0.4, 0.5) is 0 Å². The first-order valence-corrected chi connectivity index (χ1v) is 9.34. The van der Waals surface area contributed by atoms with Crippen LogP contribution in [0.1, 0.15) is 11.3 Å². The van der Waals surface area contributed by atoms with Crippen molar-refractivity contribution in [1.82, 2.24) is 19.6 Å². The number of hydrogen-bond donors (Lipinski definition) is 0. The van der Waals surface area contributed by atoms with Crippen molar-refractivity contribution in [2.45, 2.75) is 19.6 Å². The molecule has 2 aliphatic heterocycles.